The minimum Gasteiger partial charge on any atom is -0.495 e. The molecule has 3 aromatic rings. The third-order valence-electron chi connectivity index (χ3n) is 5.40. The first kappa shape index (κ1) is 23.7. The Morgan fingerprint density at radius 2 is 1.68 bits per heavy atom. The zero-order chi connectivity index (χ0) is 24.0. The summed E-state index contributed by atoms with van der Waals surface area (Å²) < 4.78 is 44.2. The SMILES string of the molecule is COc1ccc(C(=O)NCc2ccccc2Oc2ccccc2)cc1S(=O)(=O)N1CCOCC1. The second kappa shape index (κ2) is 10.7. The summed E-state index contributed by atoms with van der Waals surface area (Å²) in [5.41, 5.74) is 1.00. The molecule has 0 bridgehead atoms. The Hall–Kier alpha value is -3.40. The topological polar surface area (TPSA) is 94.2 Å². The van der Waals surface area contributed by atoms with E-state index in [1.165, 1.54) is 23.5 Å². The number of ether oxygens (including phenoxy) is 3. The Bertz CT molecular complexity index is 1240. The number of methoxy groups -OCH3 is 1. The van der Waals surface area contributed by atoms with E-state index in [9.17, 15) is 13.2 Å². The summed E-state index contributed by atoms with van der Waals surface area (Å²) in [6.07, 6.45) is 0. The number of hydrogen-bond donors (Lipinski definition) is 1. The minimum atomic E-state index is -3.84. The molecule has 1 N–H and O–H groups in total. The number of carbonyl (C=O) groups excluding carboxylic acids is 1. The number of amides is 1. The smallest absolute Gasteiger partial charge is 0.251 e. The predicted molar refractivity (Wildman–Crippen MR) is 127 cm³/mol. The molecule has 1 heterocycles. The third-order valence-corrected chi connectivity index (χ3v) is 7.32. The highest BCUT2D eigenvalue weighted by Gasteiger charge is 2.30. The molecule has 4 rings (SSSR count). The molecule has 34 heavy (non-hydrogen) atoms. The molecule has 0 radical (unpaired) electrons. The minimum absolute atomic E-state index is 0.0441. The molecule has 8 nitrogen and oxygen atoms in total. The summed E-state index contributed by atoms with van der Waals surface area (Å²) in [7, 11) is -2.44. The highest BCUT2D eigenvalue weighted by molar-refractivity contribution is 7.89. The molecular weight excluding hydrogens is 456 g/mol. The lowest BCUT2D eigenvalue weighted by Crippen LogP contribution is -2.40. The van der Waals surface area contributed by atoms with E-state index in [1.54, 1.807) is 6.07 Å². The summed E-state index contributed by atoms with van der Waals surface area (Å²) in [4.78, 5) is 12.9. The van der Waals surface area contributed by atoms with E-state index in [0.717, 1.165) is 5.56 Å². The number of nitrogens with zero attached hydrogens (tertiary/aromatic N) is 1. The largest absolute Gasteiger partial charge is 0.495 e. The van der Waals surface area contributed by atoms with Gasteiger partial charge >= 0.3 is 0 Å². The van der Waals surface area contributed by atoms with Gasteiger partial charge in [0.1, 0.15) is 22.1 Å². The van der Waals surface area contributed by atoms with E-state index < -0.39 is 15.9 Å². The van der Waals surface area contributed by atoms with Crippen molar-refractivity contribution in [3.05, 3.63) is 83.9 Å². The molecule has 1 fully saturated rings. The average molecular weight is 483 g/mol. The van der Waals surface area contributed by atoms with Gasteiger partial charge in [-0.05, 0) is 36.4 Å². The zero-order valence-corrected chi connectivity index (χ0v) is 19.6. The van der Waals surface area contributed by atoms with Crippen molar-refractivity contribution in [1.82, 2.24) is 9.62 Å². The maximum absolute atomic E-state index is 13.2. The van der Waals surface area contributed by atoms with E-state index >= 15 is 0 Å². The van der Waals surface area contributed by atoms with E-state index in [4.69, 9.17) is 14.2 Å². The van der Waals surface area contributed by atoms with Gasteiger partial charge in [-0.15, -0.1) is 0 Å². The lowest BCUT2D eigenvalue weighted by molar-refractivity contribution is 0.0729. The van der Waals surface area contributed by atoms with Crippen LogP contribution in [0, 0.1) is 0 Å². The Morgan fingerprint density at radius 3 is 2.41 bits per heavy atom. The number of hydrogen-bond acceptors (Lipinski definition) is 6. The fraction of sp³-hybridized carbons (Fsp3) is 0.240. The van der Waals surface area contributed by atoms with E-state index in [2.05, 4.69) is 5.32 Å². The van der Waals surface area contributed by atoms with Gasteiger partial charge in [-0.1, -0.05) is 36.4 Å². The van der Waals surface area contributed by atoms with Crippen molar-refractivity contribution in [3.63, 3.8) is 0 Å². The van der Waals surface area contributed by atoms with Crippen molar-refractivity contribution in [2.45, 2.75) is 11.4 Å². The molecule has 178 valence electrons. The van der Waals surface area contributed by atoms with Crippen LogP contribution in [-0.2, 0) is 21.3 Å². The van der Waals surface area contributed by atoms with Gasteiger partial charge in [0.25, 0.3) is 5.91 Å². The van der Waals surface area contributed by atoms with Crippen LogP contribution in [0.4, 0.5) is 0 Å². The molecule has 0 aliphatic carbocycles. The number of sulfonamides is 1. The van der Waals surface area contributed by atoms with Gasteiger partial charge in [0.2, 0.25) is 10.0 Å². The van der Waals surface area contributed by atoms with Gasteiger partial charge in [-0.3, -0.25) is 4.79 Å². The van der Waals surface area contributed by atoms with Gasteiger partial charge in [0.15, 0.2) is 0 Å². The second-order valence-electron chi connectivity index (χ2n) is 7.59. The molecule has 1 saturated heterocycles. The van der Waals surface area contributed by atoms with Crippen LogP contribution < -0.4 is 14.8 Å². The number of rotatable bonds is 8. The summed E-state index contributed by atoms with van der Waals surface area (Å²) in [5, 5.41) is 2.85. The molecule has 3 aromatic carbocycles. The zero-order valence-electron chi connectivity index (χ0n) is 18.8. The maximum Gasteiger partial charge on any atom is 0.251 e. The Kier molecular flexibility index (Phi) is 7.46. The molecule has 1 aliphatic rings. The Balaban J connectivity index is 1.52. The van der Waals surface area contributed by atoms with Crippen LogP contribution in [0.2, 0.25) is 0 Å². The van der Waals surface area contributed by atoms with Crippen LogP contribution in [-0.4, -0.2) is 52.0 Å². The first-order valence-electron chi connectivity index (χ1n) is 10.8. The fourth-order valence-electron chi connectivity index (χ4n) is 3.59. The molecular formula is C25H26N2O6S. The summed E-state index contributed by atoms with van der Waals surface area (Å²) in [6.45, 7) is 1.36. The quantitative estimate of drug-likeness (QED) is 0.529. The van der Waals surface area contributed by atoms with Crippen LogP contribution in [0.15, 0.2) is 77.7 Å². The maximum atomic E-state index is 13.2. The normalized spacial score (nSPS) is 14.4. The predicted octanol–water partition coefficient (Wildman–Crippen LogP) is 3.44. The van der Waals surface area contributed by atoms with Crippen LogP contribution in [0.5, 0.6) is 17.2 Å². The number of morpholine rings is 1. The second-order valence-corrected chi connectivity index (χ2v) is 9.49. The Labute approximate surface area is 199 Å². The monoisotopic (exact) mass is 482 g/mol. The lowest BCUT2D eigenvalue weighted by Gasteiger charge is -2.26. The van der Waals surface area contributed by atoms with Gasteiger partial charge in [0, 0.05) is 30.8 Å². The molecule has 0 aromatic heterocycles. The van der Waals surface area contributed by atoms with Crippen molar-refractivity contribution in [2.24, 2.45) is 0 Å². The third kappa shape index (κ3) is 5.39. The first-order valence-corrected chi connectivity index (χ1v) is 12.3. The highest BCUT2D eigenvalue weighted by atomic mass is 32.2. The average Bonchev–Trinajstić information content (AvgIpc) is 2.88. The van der Waals surface area contributed by atoms with Crippen molar-refractivity contribution in [2.75, 3.05) is 33.4 Å². The van der Waals surface area contributed by atoms with Crippen LogP contribution in [0.1, 0.15) is 15.9 Å². The highest BCUT2D eigenvalue weighted by Crippen LogP contribution is 2.29. The molecule has 0 saturated carbocycles. The number of carbonyl (C=O) groups is 1. The number of benzene rings is 3. The van der Waals surface area contributed by atoms with Crippen LogP contribution in [0.25, 0.3) is 0 Å². The number of para-hydroxylation sites is 2. The van der Waals surface area contributed by atoms with Gasteiger partial charge < -0.3 is 19.5 Å². The Morgan fingerprint density at radius 1 is 0.971 bits per heavy atom. The summed E-state index contributed by atoms with van der Waals surface area (Å²) in [5.74, 6) is 1.09. The standard InChI is InChI=1S/C25H26N2O6S/c1-31-23-12-11-19(17-24(23)34(29,30)27-13-15-32-16-14-27)25(28)26-18-20-7-5-6-10-22(20)33-21-8-3-2-4-9-21/h2-12,17H,13-16,18H2,1H3,(H,26,28). The first-order chi connectivity index (χ1) is 16.5. The van der Waals surface area contributed by atoms with E-state index in [-0.39, 0.29) is 35.8 Å². The molecule has 1 amide bonds. The van der Waals surface area contributed by atoms with Gasteiger partial charge in [-0.2, -0.15) is 4.31 Å². The number of nitrogens with one attached hydrogen (secondary N) is 1. The summed E-state index contributed by atoms with van der Waals surface area (Å²) >= 11 is 0. The van der Waals surface area contributed by atoms with Crippen LogP contribution in [0.3, 0.4) is 0 Å². The van der Waals surface area contributed by atoms with Gasteiger partial charge in [-0.25, -0.2) is 8.42 Å². The lowest BCUT2D eigenvalue weighted by atomic mass is 10.1. The van der Waals surface area contributed by atoms with Crippen molar-refractivity contribution in [1.29, 1.82) is 0 Å². The summed E-state index contributed by atoms with van der Waals surface area (Å²) in [6, 6.07) is 21.2. The van der Waals surface area contributed by atoms with Crippen molar-refractivity contribution < 1.29 is 27.4 Å². The molecule has 0 unspecified atom stereocenters. The molecule has 0 atom stereocenters. The van der Waals surface area contributed by atoms with Crippen LogP contribution >= 0.6 is 0 Å². The van der Waals surface area contributed by atoms with Gasteiger partial charge in [0.05, 0.1) is 20.3 Å². The fourth-order valence-corrected chi connectivity index (χ4v) is 5.18. The van der Waals surface area contributed by atoms with Crippen molar-refractivity contribution >= 4 is 15.9 Å². The van der Waals surface area contributed by atoms with E-state index in [0.29, 0.717) is 24.7 Å². The molecule has 9 heteroatoms. The molecule has 0 spiro atoms. The van der Waals surface area contributed by atoms with Crippen molar-refractivity contribution in [3.8, 4) is 17.2 Å². The van der Waals surface area contributed by atoms with E-state index in [1.807, 2.05) is 54.6 Å². The molecule has 1 aliphatic heterocycles.